The zero-order valence-electron chi connectivity index (χ0n) is 12.8. The van der Waals surface area contributed by atoms with Crippen molar-refractivity contribution in [3.05, 3.63) is 89.1 Å². The van der Waals surface area contributed by atoms with E-state index in [9.17, 15) is 0 Å². The van der Waals surface area contributed by atoms with Crippen LogP contribution in [0.5, 0.6) is 0 Å². The van der Waals surface area contributed by atoms with E-state index >= 15 is 0 Å². The third kappa shape index (κ3) is 3.92. The molecule has 0 radical (unpaired) electrons. The van der Waals surface area contributed by atoms with Gasteiger partial charge >= 0.3 is 0 Å². The van der Waals surface area contributed by atoms with Crippen molar-refractivity contribution in [2.24, 2.45) is 0 Å². The van der Waals surface area contributed by atoms with Gasteiger partial charge in [0.25, 0.3) is 0 Å². The number of rotatable bonds is 6. The van der Waals surface area contributed by atoms with Crippen LogP contribution in [-0.2, 0) is 6.42 Å². The summed E-state index contributed by atoms with van der Waals surface area (Å²) in [6.45, 7) is 10.0. The van der Waals surface area contributed by atoms with Crippen molar-refractivity contribution in [2.75, 3.05) is 5.32 Å². The van der Waals surface area contributed by atoms with Gasteiger partial charge in [-0.2, -0.15) is 0 Å². The molecule has 0 heterocycles. The molecule has 2 heteroatoms. The van der Waals surface area contributed by atoms with Crippen molar-refractivity contribution in [1.29, 1.82) is 0 Å². The summed E-state index contributed by atoms with van der Waals surface area (Å²) in [6, 6.07) is 15.9. The van der Waals surface area contributed by atoms with E-state index in [0.29, 0.717) is 5.02 Å². The highest BCUT2D eigenvalue weighted by Gasteiger charge is 2.12. The Balaban J connectivity index is 2.33. The molecule has 2 rings (SSSR count). The Kier molecular flexibility index (Phi) is 5.66. The highest BCUT2D eigenvalue weighted by atomic mass is 35.5. The van der Waals surface area contributed by atoms with Gasteiger partial charge in [-0.3, -0.25) is 0 Å². The van der Waals surface area contributed by atoms with Gasteiger partial charge in [0.2, 0.25) is 0 Å². The molecule has 0 saturated carbocycles. The fourth-order valence-electron chi connectivity index (χ4n) is 2.35. The molecule has 0 unspecified atom stereocenters. The van der Waals surface area contributed by atoms with E-state index in [1.54, 1.807) is 0 Å². The van der Waals surface area contributed by atoms with Crippen LogP contribution in [0.15, 0.2) is 73.0 Å². The van der Waals surface area contributed by atoms with E-state index in [1.165, 1.54) is 0 Å². The second-order valence-corrected chi connectivity index (χ2v) is 5.46. The minimum atomic E-state index is 0.699. The molecule has 0 atom stereocenters. The summed E-state index contributed by atoms with van der Waals surface area (Å²) in [5.41, 5.74) is 8.05. The maximum absolute atomic E-state index is 6.41. The predicted octanol–water partition coefficient (Wildman–Crippen LogP) is 6.09. The van der Waals surface area contributed by atoms with Gasteiger partial charge in [0.1, 0.15) is 0 Å². The Labute approximate surface area is 137 Å². The Morgan fingerprint density at radius 1 is 1.14 bits per heavy atom. The van der Waals surface area contributed by atoms with Crippen LogP contribution in [-0.4, -0.2) is 0 Å². The smallest absolute Gasteiger partial charge is 0.0501 e. The van der Waals surface area contributed by atoms with Crippen LogP contribution in [0, 0.1) is 0 Å². The van der Waals surface area contributed by atoms with Gasteiger partial charge in [0, 0.05) is 23.4 Å². The van der Waals surface area contributed by atoms with E-state index in [2.05, 4.69) is 37.2 Å². The minimum absolute atomic E-state index is 0.699. The highest BCUT2D eigenvalue weighted by Crippen LogP contribution is 2.29. The van der Waals surface area contributed by atoms with Crippen LogP contribution in [0.4, 0.5) is 5.69 Å². The number of halogens is 1. The maximum atomic E-state index is 6.41. The fraction of sp³-hybridized carbons (Fsp3) is 0.150. The number of allylic oxidation sites excluding steroid dienone is 1. The van der Waals surface area contributed by atoms with E-state index in [1.807, 2.05) is 42.5 Å². The molecule has 1 nitrogen and oxygen atoms in total. The van der Waals surface area contributed by atoms with Gasteiger partial charge in [-0.05, 0) is 35.8 Å². The quantitative estimate of drug-likeness (QED) is 0.637. The zero-order valence-corrected chi connectivity index (χ0v) is 13.6. The molecule has 0 fully saturated rings. The monoisotopic (exact) mass is 309 g/mol. The summed E-state index contributed by atoms with van der Waals surface area (Å²) in [6.07, 6.45) is 1.71. The fourth-order valence-corrected chi connectivity index (χ4v) is 2.66. The first-order chi connectivity index (χ1) is 10.7. The van der Waals surface area contributed by atoms with Crippen LogP contribution in [0.3, 0.4) is 0 Å². The molecule has 0 aliphatic carbocycles. The van der Waals surface area contributed by atoms with Crippen molar-refractivity contribution >= 4 is 23.0 Å². The van der Waals surface area contributed by atoms with Crippen molar-refractivity contribution < 1.29 is 0 Å². The van der Waals surface area contributed by atoms with Gasteiger partial charge in [-0.25, -0.2) is 0 Å². The summed E-state index contributed by atoms with van der Waals surface area (Å²) in [7, 11) is 0. The number of anilines is 1. The van der Waals surface area contributed by atoms with Crippen molar-refractivity contribution in [3.63, 3.8) is 0 Å². The van der Waals surface area contributed by atoms with E-state index < -0.39 is 0 Å². The minimum Gasteiger partial charge on any atom is -0.355 e. The molecule has 22 heavy (non-hydrogen) atoms. The Morgan fingerprint density at radius 3 is 2.50 bits per heavy atom. The molecule has 0 bridgehead atoms. The van der Waals surface area contributed by atoms with Crippen molar-refractivity contribution in [2.45, 2.75) is 19.8 Å². The molecule has 0 aliphatic heterocycles. The molecule has 0 aromatic heterocycles. The summed E-state index contributed by atoms with van der Waals surface area (Å²) in [5.74, 6) is 0. The summed E-state index contributed by atoms with van der Waals surface area (Å²) < 4.78 is 0. The molecule has 112 valence electrons. The molecular weight excluding hydrogens is 290 g/mol. The lowest BCUT2D eigenvalue weighted by Crippen LogP contribution is -2.03. The lowest BCUT2D eigenvalue weighted by Gasteiger charge is -2.16. The van der Waals surface area contributed by atoms with Crippen LogP contribution in [0.2, 0.25) is 5.02 Å². The first-order valence-corrected chi connectivity index (χ1v) is 7.70. The lowest BCUT2D eigenvalue weighted by atomic mass is 9.97. The molecule has 0 saturated heterocycles. The second kappa shape index (κ2) is 7.70. The van der Waals surface area contributed by atoms with E-state index in [-0.39, 0.29) is 0 Å². The van der Waals surface area contributed by atoms with Gasteiger partial charge in [0.15, 0.2) is 0 Å². The second-order valence-electron chi connectivity index (χ2n) is 5.05. The number of benzene rings is 2. The maximum Gasteiger partial charge on any atom is 0.0501 e. The van der Waals surface area contributed by atoms with Gasteiger partial charge in [-0.1, -0.05) is 62.0 Å². The number of hydrogen-bond donors (Lipinski definition) is 1. The van der Waals surface area contributed by atoms with Gasteiger partial charge in [0.05, 0.1) is 5.02 Å². The SMILES string of the molecule is C=C=C(CC)Cc1cccc(Cl)c1C(=C)Nc1ccccc1. The van der Waals surface area contributed by atoms with E-state index in [0.717, 1.165) is 40.9 Å². The number of hydrogen-bond acceptors (Lipinski definition) is 1. The normalized spacial score (nSPS) is 9.91. The van der Waals surface area contributed by atoms with Crippen LogP contribution >= 0.6 is 11.6 Å². The largest absolute Gasteiger partial charge is 0.355 e. The average Bonchev–Trinajstić information content (AvgIpc) is 2.53. The Hall–Kier alpha value is -2.21. The molecular formula is C20H20ClN. The lowest BCUT2D eigenvalue weighted by molar-refractivity contribution is 1.01. The van der Waals surface area contributed by atoms with Crippen LogP contribution in [0.1, 0.15) is 24.5 Å². The first-order valence-electron chi connectivity index (χ1n) is 7.32. The molecule has 2 aromatic rings. The van der Waals surface area contributed by atoms with Crippen LogP contribution in [0.25, 0.3) is 5.70 Å². The molecule has 0 amide bonds. The standard InChI is InChI=1S/C20H20ClN/c1-4-16(5-2)14-17-10-9-13-19(21)20(17)15(3)22-18-11-7-6-8-12-18/h6-13,22H,1,3,5,14H2,2H3. The zero-order chi connectivity index (χ0) is 15.9. The van der Waals surface area contributed by atoms with Crippen molar-refractivity contribution in [3.8, 4) is 0 Å². The molecule has 2 aromatic carbocycles. The van der Waals surface area contributed by atoms with Crippen molar-refractivity contribution in [1.82, 2.24) is 0 Å². The molecule has 1 N–H and O–H groups in total. The Bertz CT molecular complexity index is 710. The highest BCUT2D eigenvalue weighted by molar-refractivity contribution is 6.32. The van der Waals surface area contributed by atoms with Crippen LogP contribution < -0.4 is 5.32 Å². The summed E-state index contributed by atoms with van der Waals surface area (Å²) in [5, 5.41) is 4.02. The third-order valence-electron chi connectivity index (χ3n) is 3.55. The summed E-state index contributed by atoms with van der Waals surface area (Å²) >= 11 is 6.41. The Morgan fingerprint density at radius 2 is 1.86 bits per heavy atom. The average molecular weight is 310 g/mol. The van der Waals surface area contributed by atoms with E-state index in [4.69, 9.17) is 11.6 Å². The third-order valence-corrected chi connectivity index (χ3v) is 3.87. The topological polar surface area (TPSA) is 12.0 Å². The first kappa shape index (κ1) is 16.2. The molecule has 0 spiro atoms. The summed E-state index contributed by atoms with van der Waals surface area (Å²) in [4.78, 5) is 0. The number of nitrogens with one attached hydrogen (secondary N) is 1. The van der Waals surface area contributed by atoms with Gasteiger partial charge < -0.3 is 5.32 Å². The molecule has 0 aliphatic rings. The number of para-hydroxylation sites is 1. The van der Waals surface area contributed by atoms with Gasteiger partial charge in [-0.15, -0.1) is 5.73 Å². The predicted molar refractivity (Wildman–Crippen MR) is 97.2 cm³/mol.